The van der Waals surface area contributed by atoms with Crippen molar-refractivity contribution in [3.63, 3.8) is 0 Å². The number of hydrogen-bond donors (Lipinski definition) is 2. The molecule has 0 aliphatic heterocycles. The number of carbonyl (C=O) groups is 1. The fraction of sp³-hybridized carbons (Fsp3) is 0.688. The molecular formula is C16H22O3. The van der Waals surface area contributed by atoms with E-state index in [0.717, 1.165) is 12.0 Å². The maximum Gasteiger partial charge on any atom is 0.158 e. The third-order valence-corrected chi connectivity index (χ3v) is 5.50. The van der Waals surface area contributed by atoms with E-state index in [1.807, 2.05) is 6.92 Å². The van der Waals surface area contributed by atoms with E-state index in [0.29, 0.717) is 31.1 Å². The van der Waals surface area contributed by atoms with Crippen LogP contribution in [-0.4, -0.2) is 28.2 Å². The number of Topliss-reactive ketones (excluding diaryl/α,β-unsaturated/α-hetero) is 1. The molecule has 0 saturated heterocycles. The SMILES string of the molecule is CC1=C2C=C[C@]3(C)C[C@H](O)[C@H](O)C[C@H]3[C@@H]2CCC1=O. The first-order valence-corrected chi connectivity index (χ1v) is 7.22. The molecule has 0 aromatic heterocycles. The topological polar surface area (TPSA) is 57.5 Å². The number of allylic oxidation sites excluding steroid dienone is 4. The average molecular weight is 262 g/mol. The molecule has 19 heavy (non-hydrogen) atoms. The van der Waals surface area contributed by atoms with E-state index in [4.69, 9.17) is 0 Å². The lowest BCUT2D eigenvalue weighted by Gasteiger charge is -2.51. The molecule has 0 spiro atoms. The number of rotatable bonds is 0. The molecule has 3 heteroatoms. The molecule has 2 N–H and O–H groups in total. The third kappa shape index (κ3) is 1.91. The van der Waals surface area contributed by atoms with Crippen LogP contribution in [0.3, 0.4) is 0 Å². The van der Waals surface area contributed by atoms with Gasteiger partial charge in [0, 0.05) is 6.42 Å². The van der Waals surface area contributed by atoms with Crippen LogP contribution in [0.1, 0.15) is 39.5 Å². The first kappa shape index (κ1) is 13.1. The fourth-order valence-electron chi connectivity index (χ4n) is 4.26. The van der Waals surface area contributed by atoms with Crippen molar-refractivity contribution in [2.24, 2.45) is 17.3 Å². The molecule has 0 heterocycles. The summed E-state index contributed by atoms with van der Waals surface area (Å²) in [6.45, 7) is 4.09. The highest BCUT2D eigenvalue weighted by Gasteiger charge is 2.49. The highest BCUT2D eigenvalue weighted by molar-refractivity contribution is 5.97. The lowest BCUT2D eigenvalue weighted by Crippen LogP contribution is -2.49. The van der Waals surface area contributed by atoms with Gasteiger partial charge in [-0.25, -0.2) is 0 Å². The minimum Gasteiger partial charge on any atom is -0.390 e. The van der Waals surface area contributed by atoms with Crippen molar-refractivity contribution in [2.45, 2.75) is 51.7 Å². The minimum absolute atomic E-state index is 0.0481. The van der Waals surface area contributed by atoms with Gasteiger partial charge in [-0.05, 0) is 54.6 Å². The molecule has 0 aromatic carbocycles. The molecule has 3 nitrogen and oxygen atoms in total. The van der Waals surface area contributed by atoms with E-state index in [9.17, 15) is 15.0 Å². The summed E-state index contributed by atoms with van der Waals surface area (Å²) in [7, 11) is 0. The Morgan fingerprint density at radius 3 is 2.79 bits per heavy atom. The number of ketones is 1. The van der Waals surface area contributed by atoms with Crippen molar-refractivity contribution >= 4 is 5.78 Å². The highest BCUT2D eigenvalue weighted by Crippen LogP contribution is 2.53. The van der Waals surface area contributed by atoms with Gasteiger partial charge in [-0.1, -0.05) is 19.1 Å². The molecule has 1 fully saturated rings. The molecule has 0 radical (unpaired) electrons. The fourth-order valence-corrected chi connectivity index (χ4v) is 4.26. The first-order valence-electron chi connectivity index (χ1n) is 7.22. The molecule has 0 bridgehead atoms. The van der Waals surface area contributed by atoms with E-state index >= 15 is 0 Å². The van der Waals surface area contributed by atoms with Gasteiger partial charge in [0.2, 0.25) is 0 Å². The van der Waals surface area contributed by atoms with Crippen LogP contribution in [0.2, 0.25) is 0 Å². The number of fused-ring (bicyclic) bond motifs is 3. The van der Waals surface area contributed by atoms with Gasteiger partial charge in [0.05, 0.1) is 12.2 Å². The quantitative estimate of drug-likeness (QED) is 0.702. The second kappa shape index (κ2) is 4.29. The van der Waals surface area contributed by atoms with E-state index in [2.05, 4.69) is 19.1 Å². The molecule has 3 aliphatic rings. The smallest absolute Gasteiger partial charge is 0.158 e. The van der Waals surface area contributed by atoms with Gasteiger partial charge in [0.25, 0.3) is 0 Å². The van der Waals surface area contributed by atoms with Crippen molar-refractivity contribution in [2.75, 3.05) is 0 Å². The van der Waals surface area contributed by atoms with Crippen LogP contribution in [-0.2, 0) is 4.79 Å². The molecule has 3 aliphatic carbocycles. The predicted molar refractivity (Wildman–Crippen MR) is 72.4 cm³/mol. The molecule has 104 valence electrons. The van der Waals surface area contributed by atoms with Gasteiger partial charge < -0.3 is 10.2 Å². The zero-order chi connectivity index (χ0) is 13.8. The monoisotopic (exact) mass is 262 g/mol. The highest BCUT2D eigenvalue weighted by atomic mass is 16.3. The number of hydrogen-bond acceptors (Lipinski definition) is 3. The number of aliphatic hydroxyl groups excluding tert-OH is 2. The number of aliphatic hydroxyl groups is 2. The van der Waals surface area contributed by atoms with Crippen molar-refractivity contribution in [1.29, 1.82) is 0 Å². The zero-order valence-corrected chi connectivity index (χ0v) is 11.6. The summed E-state index contributed by atoms with van der Waals surface area (Å²) in [6.07, 6.45) is 5.77. The Hall–Kier alpha value is -0.930. The Labute approximate surface area is 114 Å². The summed E-state index contributed by atoms with van der Waals surface area (Å²) in [5.41, 5.74) is 2.02. The summed E-state index contributed by atoms with van der Waals surface area (Å²) in [5.74, 6) is 0.972. The maximum absolute atomic E-state index is 11.8. The molecule has 5 atom stereocenters. The zero-order valence-electron chi connectivity index (χ0n) is 11.6. The summed E-state index contributed by atoms with van der Waals surface area (Å²) in [5, 5.41) is 19.9. The first-order chi connectivity index (χ1) is 8.92. The Bertz CT molecular complexity index is 476. The second-order valence-corrected chi connectivity index (χ2v) is 6.67. The summed E-state index contributed by atoms with van der Waals surface area (Å²) in [6, 6.07) is 0. The van der Waals surface area contributed by atoms with E-state index < -0.39 is 12.2 Å². The van der Waals surface area contributed by atoms with E-state index in [1.165, 1.54) is 5.57 Å². The normalized spacial score (nSPS) is 46.0. The van der Waals surface area contributed by atoms with Gasteiger partial charge >= 0.3 is 0 Å². The maximum atomic E-state index is 11.8. The predicted octanol–water partition coefficient (Wildman–Crippen LogP) is 1.99. The Balaban J connectivity index is 2.03. The van der Waals surface area contributed by atoms with Gasteiger partial charge in [-0.2, -0.15) is 0 Å². The van der Waals surface area contributed by atoms with Crippen LogP contribution in [0.15, 0.2) is 23.3 Å². The molecular weight excluding hydrogens is 240 g/mol. The summed E-state index contributed by atoms with van der Waals surface area (Å²) in [4.78, 5) is 11.8. The molecule has 1 saturated carbocycles. The molecule has 3 rings (SSSR count). The number of carbonyl (C=O) groups excluding carboxylic acids is 1. The lowest BCUT2D eigenvalue weighted by molar-refractivity contribution is -0.117. The Morgan fingerprint density at radius 2 is 2.05 bits per heavy atom. The van der Waals surface area contributed by atoms with E-state index in [1.54, 1.807) is 0 Å². The Kier molecular flexibility index (Phi) is 2.95. The van der Waals surface area contributed by atoms with Crippen molar-refractivity contribution in [3.8, 4) is 0 Å². The van der Waals surface area contributed by atoms with Crippen LogP contribution in [0.25, 0.3) is 0 Å². The second-order valence-electron chi connectivity index (χ2n) is 6.67. The Morgan fingerprint density at radius 1 is 1.32 bits per heavy atom. The van der Waals surface area contributed by atoms with Crippen molar-refractivity contribution in [1.82, 2.24) is 0 Å². The average Bonchev–Trinajstić information content (AvgIpc) is 2.36. The molecule has 0 aromatic rings. The third-order valence-electron chi connectivity index (χ3n) is 5.50. The van der Waals surface area contributed by atoms with Gasteiger partial charge in [0.15, 0.2) is 5.78 Å². The van der Waals surface area contributed by atoms with E-state index in [-0.39, 0.29) is 11.2 Å². The summed E-state index contributed by atoms with van der Waals surface area (Å²) >= 11 is 0. The summed E-state index contributed by atoms with van der Waals surface area (Å²) < 4.78 is 0. The largest absolute Gasteiger partial charge is 0.390 e. The van der Waals surface area contributed by atoms with Crippen LogP contribution in [0.4, 0.5) is 0 Å². The standard InChI is InChI=1S/C16H22O3/c1-9-10-5-6-16(2)8-15(19)14(18)7-12(16)11(10)3-4-13(9)17/h5-6,11-12,14-15,18-19H,3-4,7-8H2,1-2H3/t11-,12+,14-,15+,16-/m1/s1. The van der Waals surface area contributed by atoms with Crippen molar-refractivity contribution in [3.05, 3.63) is 23.3 Å². The molecule has 0 amide bonds. The molecule has 0 unspecified atom stereocenters. The van der Waals surface area contributed by atoms with Crippen LogP contribution in [0, 0.1) is 17.3 Å². The van der Waals surface area contributed by atoms with Crippen LogP contribution >= 0.6 is 0 Å². The van der Waals surface area contributed by atoms with Crippen molar-refractivity contribution < 1.29 is 15.0 Å². The van der Waals surface area contributed by atoms with Gasteiger partial charge in [-0.3, -0.25) is 4.79 Å². The van der Waals surface area contributed by atoms with Gasteiger partial charge in [-0.15, -0.1) is 0 Å². The van der Waals surface area contributed by atoms with Gasteiger partial charge in [0.1, 0.15) is 0 Å². The lowest BCUT2D eigenvalue weighted by atomic mass is 9.55. The minimum atomic E-state index is -0.622. The van der Waals surface area contributed by atoms with Crippen LogP contribution in [0.5, 0.6) is 0 Å². The van der Waals surface area contributed by atoms with Crippen LogP contribution < -0.4 is 0 Å².